The Morgan fingerprint density at radius 3 is 2.65 bits per heavy atom. The molecule has 0 saturated heterocycles. The predicted octanol–water partition coefficient (Wildman–Crippen LogP) is 0.130. The van der Waals surface area contributed by atoms with Gasteiger partial charge in [-0.1, -0.05) is 6.92 Å². The highest BCUT2D eigenvalue weighted by atomic mass is 16.5. The molecule has 1 rings (SSSR count). The largest absolute Gasteiger partial charge is 0.467 e. The third-order valence-electron chi connectivity index (χ3n) is 2.70. The van der Waals surface area contributed by atoms with Crippen molar-refractivity contribution >= 4 is 17.8 Å². The second-order valence-corrected chi connectivity index (χ2v) is 4.37. The van der Waals surface area contributed by atoms with Crippen LogP contribution in [0.5, 0.6) is 6.01 Å². The smallest absolute Gasteiger partial charge is 0.322 e. The molecule has 1 amide bonds. The summed E-state index contributed by atoms with van der Waals surface area (Å²) in [6, 6.07) is 0.241. The van der Waals surface area contributed by atoms with Gasteiger partial charge in [-0.05, 0) is 6.92 Å². The highest BCUT2D eigenvalue weighted by Crippen LogP contribution is 2.14. The Hall–Kier alpha value is -2.12. The molecule has 1 unspecified atom stereocenters. The van der Waals surface area contributed by atoms with Crippen molar-refractivity contribution in [1.82, 2.24) is 20.3 Å². The van der Waals surface area contributed by atoms with Crippen LogP contribution in [0.4, 0.5) is 11.9 Å². The number of hydrogen-bond acceptors (Lipinski definition) is 7. The number of carbonyl (C=O) groups excluding carboxylic acids is 1. The fourth-order valence-electron chi connectivity index (χ4n) is 1.67. The molecule has 1 aromatic rings. The van der Waals surface area contributed by atoms with E-state index in [1.807, 2.05) is 20.9 Å². The monoisotopic (exact) mass is 282 g/mol. The lowest BCUT2D eigenvalue weighted by Gasteiger charge is -2.21. The van der Waals surface area contributed by atoms with E-state index in [1.165, 1.54) is 7.11 Å². The first-order chi connectivity index (χ1) is 9.51. The van der Waals surface area contributed by atoms with Crippen LogP contribution in [0.25, 0.3) is 0 Å². The van der Waals surface area contributed by atoms with Gasteiger partial charge >= 0.3 is 6.01 Å². The van der Waals surface area contributed by atoms with E-state index >= 15 is 0 Å². The third kappa shape index (κ3) is 4.22. The summed E-state index contributed by atoms with van der Waals surface area (Å²) in [5.74, 6) is 0.720. The molecule has 0 aliphatic heterocycles. The van der Waals surface area contributed by atoms with Gasteiger partial charge in [-0.2, -0.15) is 15.0 Å². The number of ether oxygens (including phenoxy) is 1. The van der Waals surface area contributed by atoms with Crippen molar-refractivity contribution in [1.29, 1.82) is 0 Å². The zero-order valence-electron chi connectivity index (χ0n) is 12.6. The van der Waals surface area contributed by atoms with Crippen LogP contribution in [0.15, 0.2) is 0 Å². The number of hydrogen-bond donors (Lipinski definition) is 2. The molecule has 0 fully saturated rings. The molecule has 0 aromatic carbocycles. The van der Waals surface area contributed by atoms with E-state index in [4.69, 9.17) is 4.74 Å². The highest BCUT2D eigenvalue weighted by molar-refractivity contribution is 5.78. The Bertz CT molecular complexity index is 454. The number of methoxy groups -OCH3 is 1. The molecule has 0 aliphatic rings. The number of amides is 1. The molecular formula is C12H22N6O2. The number of aromatic nitrogens is 3. The molecule has 1 aromatic heterocycles. The molecule has 20 heavy (non-hydrogen) atoms. The quantitative estimate of drug-likeness (QED) is 0.734. The number of anilines is 2. The summed E-state index contributed by atoms with van der Waals surface area (Å²) in [4.78, 5) is 25.9. The molecule has 1 atom stereocenters. The van der Waals surface area contributed by atoms with Crippen LogP contribution in [0.2, 0.25) is 0 Å². The van der Waals surface area contributed by atoms with Gasteiger partial charge in [0.25, 0.3) is 0 Å². The number of nitrogens with zero attached hydrogens (tertiary/aromatic N) is 4. The molecule has 0 saturated carbocycles. The van der Waals surface area contributed by atoms with Gasteiger partial charge < -0.3 is 20.3 Å². The van der Waals surface area contributed by atoms with Crippen molar-refractivity contribution < 1.29 is 9.53 Å². The Morgan fingerprint density at radius 2 is 2.10 bits per heavy atom. The normalized spacial score (nSPS) is 11.7. The molecule has 0 aliphatic carbocycles. The van der Waals surface area contributed by atoms with Crippen molar-refractivity contribution in [2.75, 3.05) is 44.5 Å². The molecule has 0 radical (unpaired) electrons. The van der Waals surface area contributed by atoms with Crippen molar-refractivity contribution in [3.8, 4) is 6.01 Å². The Balaban J connectivity index is 2.88. The summed E-state index contributed by atoms with van der Waals surface area (Å²) >= 11 is 0. The molecule has 112 valence electrons. The average Bonchev–Trinajstić information content (AvgIpc) is 2.46. The van der Waals surface area contributed by atoms with Crippen molar-refractivity contribution in [2.24, 2.45) is 5.92 Å². The topological polar surface area (TPSA) is 92.3 Å². The zero-order chi connectivity index (χ0) is 15.1. The van der Waals surface area contributed by atoms with Gasteiger partial charge in [0.1, 0.15) is 0 Å². The second-order valence-electron chi connectivity index (χ2n) is 4.37. The molecule has 8 heteroatoms. The van der Waals surface area contributed by atoms with Crippen molar-refractivity contribution in [2.45, 2.75) is 13.8 Å². The lowest BCUT2D eigenvalue weighted by Crippen LogP contribution is -2.35. The number of carbonyl (C=O) groups is 1. The Morgan fingerprint density at radius 1 is 1.40 bits per heavy atom. The van der Waals surface area contributed by atoms with Gasteiger partial charge in [0, 0.05) is 27.2 Å². The minimum Gasteiger partial charge on any atom is -0.467 e. The lowest BCUT2D eigenvalue weighted by molar-refractivity contribution is -0.123. The SMILES string of the molecule is CCNc1nc(OC)nc(N(C)CC(C)C(=O)NC)n1. The molecule has 0 spiro atoms. The van der Waals surface area contributed by atoms with E-state index < -0.39 is 0 Å². The zero-order valence-corrected chi connectivity index (χ0v) is 12.6. The third-order valence-corrected chi connectivity index (χ3v) is 2.70. The summed E-state index contributed by atoms with van der Waals surface area (Å²) in [6.45, 7) is 5.00. The highest BCUT2D eigenvalue weighted by Gasteiger charge is 2.17. The van der Waals surface area contributed by atoms with E-state index in [2.05, 4.69) is 25.6 Å². The number of nitrogens with one attached hydrogen (secondary N) is 2. The van der Waals surface area contributed by atoms with E-state index in [-0.39, 0.29) is 17.8 Å². The van der Waals surface area contributed by atoms with Gasteiger partial charge in [-0.15, -0.1) is 0 Å². The lowest BCUT2D eigenvalue weighted by atomic mass is 10.1. The van der Waals surface area contributed by atoms with Gasteiger partial charge in [-0.3, -0.25) is 4.79 Å². The summed E-state index contributed by atoms with van der Waals surface area (Å²) < 4.78 is 5.06. The van der Waals surface area contributed by atoms with Gasteiger partial charge in [0.15, 0.2) is 0 Å². The van der Waals surface area contributed by atoms with Gasteiger partial charge in [0.2, 0.25) is 17.8 Å². The van der Waals surface area contributed by atoms with E-state index in [9.17, 15) is 4.79 Å². The Labute approximate surface area is 119 Å². The number of rotatable bonds is 7. The first-order valence-electron chi connectivity index (χ1n) is 6.48. The van der Waals surface area contributed by atoms with Crippen LogP contribution in [-0.4, -0.2) is 55.2 Å². The van der Waals surface area contributed by atoms with Crippen LogP contribution in [-0.2, 0) is 4.79 Å². The average molecular weight is 282 g/mol. The van der Waals surface area contributed by atoms with Crippen molar-refractivity contribution in [3.63, 3.8) is 0 Å². The van der Waals surface area contributed by atoms with Crippen LogP contribution < -0.4 is 20.3 Å². The fourth-order valence-corrected chi connectivity index (χ4v) is 1.67. The standard InChI is InChI=1S/C12H22N6O2/c1-6-14-10-15-11(17-12(16-10)20-5)18(4)7-8(2)9(19)13-3/h8H,6-7H2,1-5H3,(H,13,19)(H,14,15,16,17). The van der Waals surface area contributed by atoms with E-state index in [1.54, 1.807) is 11.9 Å². The first kappa shape index (κ1) is 15.9. The van der Waals surface area contributed by atoms with Crippen LogP contribution in [0, 0.1) is 5.92 Å². The second kappa shape index (κ2) is 7.46. The summed E-state index contributed by atoms with van der Waals surface area (Å²) in [7, 11) is 4.94. The molecule has 1 heterocycles. The minimum absolute atomic E-state index is 0.0234. The molecule has 8 nitrogen and oxygen atoms in total. The van der Waals surface area contributed by atoms with E-state index in [0.717, 1.165) is 0 Å². The maximum atomic E-state index is 11.5. The van der Waals surface area contributed by atoms with Crippen LogP contribution >= 0.6 is 0 Å². The summed E-state index contributed by atoms with van der Waals surface area (Å²) in [5, 5.41) is 5.64. The van der Waals surface area contributed by atoms with Crippen molar-refractivity contribution in [3.05, 3.63) is 0 Å². The fraction of sp³-hybridized carbons (Fsp3) is 0.667. The maximum absolute atomic E-state index is 11.5. The predicted molar refractivity (Wildman–Crippen MR) is 77.0 cm³/mol. The summed E-state index contributed by atoms with van der Waals surface area (Å²) in [6.07, 6.45) is 0. The van der Waals surface area contributed by atoms with Crippen LogP contribution in [0.1, 0.15) is 13.8 Å². The molecule has 0 bridgehead atoms. The molecular weight excluding hydrogens is 260 g/mol. The van der Waals surface area contributed by atoms with Gasteiger partial charge in [0.05, 0.1) is 13.0 Å². The Kier molecular flexibility index (Phi) is 5.95. The maximum Gasteiger partial charge on any atom is 0.322 e. The minimum atomic E-state index is -0.171. The molecule has 2 N–H and O–H groups in total. The summed E-state index contributed by atoms with van der Waals surface area (Å²) in [5.41, 5.74) is 0. The van der Waals surface area contributed by atoms with E-state index in [0.29, 0.717) is 25.0 Å². The van der Waals surface area contributed by atoms with Crippen LogP contribution in [0.3, 0.4) is 0 Å². The van der Waals surface area contributed by atoms with Gasteiger partial charge in [-0.25, -0.2) is 0 Å². The first-order valence-corrected chi connectivity index (χ1v) is 6.48.